The van der Waals surface area contributed by atoms with E-state index in [0.717, 1.165) is 34.6 Å². The number of esters is 5. The van der Waals surface area contributed by atoms with Crippen LogP contribution < -0.4 is 0 Å². The quantitative estimate of drug-likeness (QED) is 0.316. The summed E-state index contributed by atoms with van der Waals surface area (Å²) in [5.74, 6) is -3.75. The second-order valence-corrected chi connectivity index (χ2v) is 6.63. The molecule has 0 aromatic carbocycles. The van der Waals surface area contributed by atoms with Crippen molar-refractivity contribution in [1.82, 2.24) is 0 Å². The van der Waals surface area contributed by atoms with Crippen molar-refractivity contribution in [1.29, 1.82) is 0 Å². The fourth-order valence-corrected chi connectivity index (χ4v) is 2.40. The van der Waals surface area contributed by atoms with Crippen LogP contribution in [0.15, 0.2) is 0 Å². The summed E-state index contributed by atoms with van der Waals surface area (Å²) in [4.78, 5) is 57.9. The summed E-state index contributed by atoms with van der Waals surface area (Å²) in [6.07, 6.45) is -5.72. The lowest BCUT2D eigenvalue weighted by Gasteiger charge is -2.35. The largest absolute Gasteiger partial charge is 0.462 e. The molecule has 30 heavy (non-hydrogen) atoms. The molecule has 0 aromatic heterocycles. The zero-order valence-corrected chi connectivity index (χ0v) is 18.3. The molecule has 0 rings (SSSR count). The van der Waals surface area contributed by atoms with Gasteiger partial charge in [0.1, 0.15) is 6.61 Å². The predicted octanol–water partition coefficient (Wildman–Crippen LogP) is 0.701. The molecule has 4 atom stereocenters. The van der Waals surface area contributed by atoms with Crippen molar-refractivity contribution in [3.8, 4) is 0 Å². The van der Waals surface area contributed by atoms with Gasteiger partial charge in [0.15, 0.2) is 24.4 Å². The molecule has 0 fully saturated rings. The average Bonchev–Trinajstić information content (AvgIpc) is 2.57. The summed E-state index contributed by atoms with van der Waals surface area (Å²) >= 11 is 0. The molecule has 0 spiro atoms. The van der Waals surface area contributed by atoms with Crippen molar-refractivity contribution in [2.75, 3.05) is 13.2 Å². The van der Waals surface area contributed by atoms with Gasteiger partial charge in [-0.05, 0) is 13.8 Å². The first-order valence-corrected chi connectivity index (χ1v) is 9.27. The molecular weight excluding hydrogens is 404 g/mol. The van der Waals surface area contributed by atoms with E-state index in [1.165, 1.54) is 0 Å². The number of hydrogen-bond donors (Lipinski definition) is 0. The minimum atomic E-state index is -1.46. The molecule has 0 aliphatic rings. The second kappa shape index (κ2) is 13.5. The van der Waals surface area contributed by atoms with Crippen molar-refractivity contribution in [3.63, 3.8) is 0 Å². The van der Waals surface area contributed by atoms with Crippen molar-refractivity contribution < 1.29 is 52.4 Å². The second-order valence-electron chi connectivity index (χ2n) is 6.63. The van der Waals surface area contributed by atoms with E-state index in [9.17, 15) is 24.0 Å². The Morgan fingerprint density at radius 1 is 0.567 bits per heavy atom. The van der Waals surface area contributed by atoms with Crippen LogP contribution in [0.2, 0.25) is 0 Å². The highest BCUT2D eigenvalue weighted by Gasteiger charge is 2.44. The fourth-order valence-electron chi connectivity index (χ4n) is 2.40. The third-order valence-corrected chi connectivity index (χ3v) is 3.34. The molecule has 0 aliphatic heterocycles. The minimum Gasteiger partial charge on any atom is -0.462 e. The standard InChI is InChI=1S/C19H30O11/c1-10(2)25-8-16(27-12(4)21)18(29-14(6)23)19(30-15(7)24)17(28-13(5)22)9-26-11(3)20/h10,16-19H,8-9H2,1-7H3. The zero-order chi connectivity index (χ0) is 23.4. The maximum Gasteiger partial charge on any atom is 0.303 e. The fraction of sp³-hybridized carbons (Fsp3) is 0.737. The molecule has 4 unspecified atom stereocenters. The summed E-state index contributed by atoms with van der Waals surface area (Å²) < 4.78 is 31.3. The Hall–Kier alpha value is -2.69. The first kappa shape index (κ1) is 27.3. The summed E-state index contributed by atoms with van der Waals surface area (Å²) in [7, 11) is 0. The number of ether oxygens (including phenoxy) is 6. The van der Waals surface area contributed by atoms with E-state index in [1.807, 2.05) is 0 Å². The highest BCUT2D eigenvalue weighted by Crippen LogP contribution is 2.21. The number of hydrogen-bond acceptors (Lipinski definition) is 11. The van der Waals surface area contributed by atoms with Gasteiger partial charge in [-0.2, -0.15) is 0 Å². The Kier molecular flexibility index (Phi) is 12.3. The Balaban J connectivity index is 6.16. The molecule has 0 saturated heterocycles. The number of carbonyl (C=O) groups is 5. The number of carbonyl (C=O) groups excluding carboxylic acids is 5. The van der Waals surface area contributed by atoms with Gasteiger partial charge in [0.05, 0.1) is 12.7 Å². The van der Waals surface area contributed by atoms with Crippen molar-refractivity contribution in [2.24, 2.45) is 0 Å². The maximum atomic E-state index is 11.7. The summed E-state index contributed by atoms with van der Waals surface area (Å²) in [6.45, 7) is 8.30. The van der Waals surface area contributed by atoms with Crippen molar-refractivity contribution in [3.05, 3.63) is 0 Å². The van der Waals surface area contributed by atoms with Gasteiger partial charge >= 0.3 is 29.8 Å². The normalized spacial score (nSPS) is 14.7. The Morgan fingerprint density at radius 3 is 1.23 bits per heavy atom. The molecule has 0 amide bonds. The van der Waals surface area contributed by atoms with Crippen LogP contribution in [-0.4, -0.2) is 73.6 Å². The van der Waals surface area contributed by atoms with Gasteiger partial charge in [0.2, 0.25) is 0 Å². The molecule has 0 heterocycles. The lowest BCUT2D eigenvalue weighted by molar-refractivity contribution is -0.207. The smallest absolute Gasteiger partial charge is 0.303 e. The van der Waals surface area contributed by atoms with E-state index < -0.39 is 60.9 Å². The van der Waals surface area contributed by atoms with Crippen molar-refractivity contribution in [2.45, 2.75) is 79.0 Å². The molecule has 11 heteroatoms. The number of rotatable bonds is 12. The van der Waals surface area contributed by atoms with E-state index in [4.69, 9.17) is 28.4 Å². The van der Waals surface area contributed by atoms with E-state index in [2.05, 4.69) is 0 Å². The van der Waals surface area contributed by atoms with Crippen LogP contribution in [0.4, 0.5) is 0 Å². The lowest BCUT2D eigenvalue weighted by atomic mass is 10.0. The van der Waals surface area contributed by atoms with Crippen LogP contribution in [0.3, 0.4) is 0 Å². The van der Waals surface area contributed by atoms with Gasteiger partial charge in [-0.1, -0.05) is 0 Å². The van der Waals surface area contributed by atoms with Gasteiger partial charge in [-0.15, -0.1) is 0 Å². The maximum absolute atomic E-state index is 11.7. The van der Waals surface area contributed by atoms with Crippen LogP contribution in [0.5, 0.6) is 0 Å². The van der Waals surface area contributed by atoms with Crippen LogP contribution in [-0.2, 0) is 52.4 Å². The minimum absolute atomic E-state index is 0.215. The van der Waals surface area contributed by atoms with Gasteiger partial charge < -0.3 is 28.4 Å². The SMILES string of the molecule is CC(=O)OCC(OC(C)=O)C(OC(C)=O)C(OC(C)=O)C(COC(C)C)OC(C)=O. The van der Waals surface area contributed by atoms with E-state index in [1.54, 1.807) is 13.8 Å². The Labute approximate surface area is 175 Å². The van der Waals surface area contributed by atoms with Crippen LogP contribution in [0.25, 0.3) is 0 Å². The highest BCUT2D eigenvalue weighted by molar-refractivity contribution is 5.69. The Bertz CT molecular complexity index is 614. The molecule has 11 nitrogen and oxygen atoms in total. The molecule has 0 radical (unpaired) electrons. The molecule has 0 saturated carbocycles. The average molecular weight is 434 g/mol. The molecule has 0 aliphatic carbocycles. The summed E-state index contributed by atoms with van der Waals surface area (Å²) in [6, 6.07) is 0. The van der Waals surface area contributed by atoms with Gasteiger partial charge in [0.25, 0.3) is 0 Å². The zero-order valence-electron chi connectivity index (χ0n) is 18.3. The van der Waals surface area contributed by atoms with Crippen LogP contribution in [0.1, 0.15) is 48.5 Å². The van der Waals surface area contributed by atoms with E-state index in [0.29, 0.717) is 0 Å². The monoisotopic (exact) mass is 434 g/mol. The van der Waals surface area contributed by atoms with Gasteiger partial charge in [-0.3, -0.25) is 24.0 Å². The molecule has 0 N–H and O–H groups in total. The topological polar surface area (TPSA) is 141 Å². The summed E-state index contributed by atoms with van der Waals surface area (Å²) in [5, 5.41) is 0. The van der Waals surface area contributed by atoms with E-state index >= 15 is 0 Å². The van der Waals surface area contributed by atoms with Crippen molar-refractivity contribution >= 4 is 29.8 Å². The van der Waals surface area contributed by atoms with Crippen LogP contribution >= 0.6 is 0 Å². The first-order valence-electron chi connectivity index (χ1n) is 9.27. The summed E-state index contributed by atoms with van der Waals surface area (Å²) in [5.41, 5.74) is 0. The van der Waals surface area contributed by atoms with E-state index in [-0.39, 0.29) is 12.7 Å². The van der Waals surface area contributed by atoms with Gasteiger partial charge in [0, 0.05) is 34.6 Å². The predicted molar refractivity (Wildman–Crippen MR) is 99.9 cm³/mol. The van der Waals surface area contributed by atoms with Crippen LogP contribution in [0, 0.1) is 0 Å². The third kappa shape index (κ3) is 12.0. The molecular formula is C19H30O11. The highest BCUT2D eigenvalue weighted by atomic mass is 16.6. The molecule has 0 bridgehead atoms. The third-order valence-electron chi connectivity index (χ3n) is 3.34. The molecule has 0 aromatic rings. The first-order chi connectivity index (χ1) is 13.8. The van der Waals surface area contributed by atoms with Gasteiger partial charge in [-0.25, -0.2) is 0 Å². The molecule has 172 valence electrons. The Morgan fingerprint density at radius 2 is 0.933 bits per heavy atom. The lowest BCUT2D eigenvalue weighted by Crippen LogP contribution is -2.54.